The van der Waals surface area contributed by atoms with Gasteiger partial charge in [0.15, 0.2) is 5.82 Å². The molecule has 2 aliphatic rings. The van der Waals surface area contributed by atoms with Crippen molar-refractivity contribution in [3.8, 4) is 0 Å². The lowest BCUT2D eigenvalue weighted by atomic mass is 9.62. The molecule has 7 heteroatoms. The van der Waals surface area contributed by atoms with Crippen LogP contribution in [0.3, 0.4) is 0 Å². The van der Waals surface area contributed by atoms with E-state index in [1.807, 2.05) is 4.90 Å². The smallest absolute Gasteiger partial charge is 0.317 e. The number of urea groups is 1. The lowest BCUT2D eigenvalue weighted by molar-refractivity contribution is 0.121. The molecule has 23 heavy (non-hydrogen) atoms. The van der Waals surface area contributed by atoms with E-state index in [0.717, 1.165) is 57.0 Å². The highest BCUT2D eigenvalue weighted by Gasteiger charge is 2.53. The monoisotopic (exact) mass is 321 g/mol. The summed E-state index contributed by atoms with van der Waals surface area (Å²) in [6, 6.07) is 0.0516. The Bertz CT molecular complexity index is 540. The molecule has 2 N–H and O–H groups in total. The van der Waals surface area contributed by atoms with Gasteiger partial charge in [0.2, 0.25) is 0 Å². The van der Waals surface area contributed by atoms with Gasteiger partial charge in [-0.2, -0.15) is 5.10 Å². The highest BCUT2D eigenvalue weighted by molar-refractivity contribution is 5.74. The Kier molecular flexibility index (Phi) is 4.84. The summed E-state index contributed by atoms with van der Waals surface area (Å²) in [5.74, 6) is 1.97. The largest absolute Gasteiger partial charge is 0.384 e. The quantitative estimate of drug-likeness (QED) is 0.835. The zero-order valence-electron chi connectivity index (χ0n) is 14.1. The number of carbonyl (C=O) groups excluding carboxylic acids is 1. The number of hydrogen-bond donors (Lipinski definition) is 2. The highest BCUT2D eigenvalue weighted by Crippen LogP contribution is 2.55. The molecule has 1 spiro atoms. The molecule has 1 saturated carbocycles. The summed E-state index contributed by atoms with van der Waals surface area (Å²) in [6.07, 6.45) is 5.26. The number of ether oxygens (including phenoxy) is 1. The summed E-state index contributed by atoms with van der Waals surface area (Å²) in [7, 11) is 1.68. The van der Waals surface area contributed by atoms with Gasteiger partial charge in [-0.25, -0.2) is 9.78 Å². The van der Waals surface area contributed by atoms with E-state index in [9.17, 15) is 4.79 Å². The number of amides is 2. The number of rotatable bonds is 6. The first-order valence-electron chi connectivity index (χ1n) is 8.61. The average molecular weight is 321 g/mol. The van der Waals surface area contributed by atoms with Crippen LogP contribution in [0.2, 0.25) is 0 Å². The summed E-state index contributed by atoms with van der Waals surface area (Å²) in [5.41, 5.74) is 0.185. The number of aromatic amines is 1. The molecule has 7 nitrogen and oxygen atoms in total. The second-order valence-corrected chi connectivity index (χ2v) is 6.76. The van der Waals surface area contributed by atoms with Crippen molar-refractivity contribution in [2.24, 2.45) is 5.41 Å². The van der Waals surface area contributed by atoms with Crippen LogP contribution in [0.5, 0.6) is 0 Å². The maximum absolute atomic E-state index is 12.3. The van der Waals surface area contributed by atoms with Crippen LogP contribution in [0.1, 0.15) is 50.2 Å². The molecule has 0 aromatic carbocycles. The molecular formula is C16H27N5O2. The van der Waals surface area contributed by atoms with Gasteiger partial charge in [0.1, 0.15) is 5.82 Å². The van der Waals surface area contributed by atoms with E-state index in [0.29, 0.717) is 6.61 Å². The number of H-pyrrole nitrogens is 1. The maximum Gasteiger partial charge on any atom is 0.317 e. The van der Waals surface area contributed by atoms with Gasteiger partial charge in [-0.3, -0.25) is 5.10 Å². The Morgan fingerprint density at radius 2 is 2.35 bits per heavy atom. The minimum absolute atomic E-state index is 0.0516. The van der Waals surface area contributed by atoms with Crippen LogP contribution >= 0.6 is 0 Å². The van der Waals surface area contributed by atoms with Gasteiger partial charge in [0.25, 0.3) is 0 Å². The van der Waals surface area contributed by atoms with Crippen molar-refractivity contribution in [1.29, 1.82) is 0 Å². The van der Waals surface area contributed by atoms with Crippen LogP contribution in [-0.4, -0.2) is 59.5 Å². The molecular weight excluding hydrogens is 294 g/mol. The molecule has 1 aliphatic heterocycles. The standard InChI is InChI=1S/C16H27N5O2/c1-3-8-17-15(22)21-10-12(16(11-21)6-4-7-16)14-18-13(19-20-14)5-9-23-2/h12H,3-11H2,1-2H3,(H,17,22)(H,18,19,20). The SMILES string of the molecule is CCCNC(=O)N1CC(c2n[nH]c(CCOC)n2)C2(CCC2)C1. The fourth-order valence-electron chi connectivity index (χ4n) is 3.74. The molecule has 1 unspecified atom stereocenters. The predicted octanol–water partition coefficient (Wildman–Crippen LogP) is 1.68. The van der Waals surface area contributed by atoms with Crippen molar-refractivity contribution in [2.45, 2.75) is 44.9 Å². The van der Waals surface area contributed by atoms with E-state index in [1.54, 1.807) is 7.11 Å². The normalized spacial score (nSPS) is 22.3. The Balaban J connectivity index is 1.70. The van der Waals surface area contributed by atoms with E-state index in [1.165, 1.54) is 6.42 Å². The van der Waals surface area contributed by atoms with Crippen LogP contribution in [0.4, 0.5) is 4.79 Å². The van der Waals surface area contributed by atoms with Crippen LogP contribution in [-0.2, 0) is 11.2 Å². The molecule has 3 rings (SSSR count). The molecule has 1 aliphatic carbocycles. The van der Waals surface area contributed by atoms with Crippen LogP contribution < -0.4 is 5.32 Å². The van der Waals surface area contributed by atoms with Crippen LogP contribution in [0, 0.1) is 5.41 Å². The molecule has 2 heterocycles. The fraction of sp³-hybridized carbons (Fsp3) is 0.812. The highest BCUT2D eigenvalue weighted by atomic mass is 16.5. The Hall–Kier alpha value is -1.63. The Morgan fingerprint density at radius 3 is 3.00 bits per heavy atom. The second-order valence-electron chi connectivity index (χ2n) is 6.76. The summed E-state index contributed by atoms with van der Waals surface area (Å²) in [5, 5.41) is 10.4. The molecule has 0 radical (unpaired) electrons. The first-order chi connectivity index (χ1) is 11.2. The zero-order valence-corrected chi connectivity index (χ0v) is 14.1. The average Bonchev–Trinajstić information content (AvgIpc) is 3.14. The molecule has 2 fully saturated rings. The number of likely N-dealkylation sites (tertiary alicyclic amines) is 1. The van der Waals surface area contributed by atoms with Crippen molar-refractivity contribution in [2.75, 3.05) is 33.4 Å². The minimum Gasteiger partial charge on any atom is -0.384 e. The predicted molar refractivity (Wildman–Crippen MR) is 86.3 cm³/mol. The lowest BCUT2D eigenvalue weighted by Gasteiger charge is -2.41. The first kappa shape index (κ1) is 16.2. The molecule has 0 bridgehead atoms. The molecule has 1 saturated heterocycles. The maximum atomic E-state index is 12.3. The Labute approximate surface area is 137 Å². The number of hydrogen-bond acceptors (Lipinski definition) is 4. The molecule has 128 valence electrons. The number of nitrogens with zero attached hydrogens (tertiary/aromatic N) is 3. The van der Waals surface area contributed by atoms with Gasteiger partial charge in [-0.05, 0) is 24.7 Å². The van der Waals surface area contributed by atoms with Crippen molar-refractivity contribution < 1.29 is 9.53 Å². The molecule has 2 amide bonds. The van der Waals surface area contributed by atoms with E-state index in [4.69, 9.17) is 4.74 Å². The lowest BCUT2D eigenvalue weighted by Crippen LogP contribution is -2.41. The van der Waals surface area contributed by atoms with E-state index < -0.39 is 0 Å². The fourth-order valence-corrected chi connectivity index (χ4v) is 3.74. The van der Waals surface area contributed by atoms with E-state index in [2.05, 4.69) is 27.4 Å². The number of aromatic nitrogens is 3. The van der Waals surface area contributed by atoms with Crippen molar-refractivity contribution in [3.05, 3.63) is 11.6 Å². The number of methoxy groups -OCH3 is 1. The summed E-state index contributed by atoms with van der Waals surface area (Å²) in [6.45, 7) is 4.98. The van der Waals surface area contributed by atoms with Gasteiger partial charge in [-0.15, -0.1) is 0 Å². The van der Waals surface area contributed by atoms with Crippen molar-refractivity contribution in [3.63, 3.8) is 0 Å². The summed E-state index contributed by atoms with van der Waals surface area (Å²) >= 11 is 0. The second kappa shape index (κ2) is 6.86. The van der Waals surface area contributed by atoms with Gasteiger partial charge < -0.3 is 15.0 Å². The van der Waals surface area contributed by atoms with Crippen molar-refractivity contribution >= 4 is 6.03 Å². The third-order valence-electron chi connectivity index (χ3n) is 5.21. The van der Waals surface area contributed by atoms with Gasteiger partial charge >= 0.3 is 6.03 Å². The number of carbonyl (C=O) groups is 1. The summed E-state index contributed by atoms with van der Waals surface area (Å²) in [4.78, 5) is 18.9. The van der Waals surface area contributed by atoms with Gasteiger partial charge in [-0.1, -0.05) is 13.3 Å². The first-order valence-corrected chi connectivity index (χ1v) is 8.61. The van der Waals surface area contributed by atoms with Crippen LogP contribution in [0.15, 0.2) is 0 Å². The third-order valence-corrected chi connectivity index (χ3v) is 5.21. The topological polar surface area (TPSA) is 83.1 Å². The zero-order chi connectivity index (χ0) is 16.3. The van der Waals surface area contributed by atoms with E-state index in [-0.39, 0.29) is 17.4 Å². The van der Waals surface area contributed by atoms with E-state index >= 15 is 0 Å². The van der Waals surface area contributed by atoms with Gasteiger partial charge in [0.05, 0.1) is 6.61 Å². The van der Waals surface area contributed by atoms with Gasteiger partial charge in [0, 0.05) is 39.1 Å². The molecule has 1 atom stereocenters. The van der Waals surface area contributed by atoms with Crippen LogP contribution in [0.25, 0.3) is 0 Å². The number of nitrogens with one attached hydrogen (secondary N) is 2. The minimum atomic E-state index is 0.0516. The third kappa shape index (κ3) is 3.20. The van der Waals surface area contributed by atoms with Crippen molar-refractivity contribution in [1.82, 2.24) is 25.4 Å². The molecule has 1 aromatic rings. The molecule has 1 aromatic heterocycles. The Morgan fingerprint density at radius 1 is 1.52 bits per heavy atom. The summed E-state index contributed by atoms with van der Waals surface area (Å²) < 4.78 is 5.09.